The molecule has 0 spiro atoms. The van der Waals surface area contributed by atoms with Crippen LogP contribution in [0.25, 0.3) is 0 Å². The van der Waals surface area contributed by atoms with Gasteiger partial charge in [-0.15, -0.1) is 0 Å². The molecule has 1 aliphatic rings. The number of esters is 1. The van der Waals surface area contributed by atoms with E-state index in [4.69, 9.17) is 9.47 Å². The maximum Gasteiger partial charge on any atom is 0.360 e. The van der Waals surface area contributed by atoms with Gasteiger partial charge in [-0.3, -0.25) is 9.59 Å². The van der Waals surface area contributed by atoms with Crippen molar-refractivity contribution < 1.29 is 28.2 Å². The first-order chi connectivity index (χ1) is 12.8. The molecule has 0 bridgehead atoms. The van der Waals surface area contributed by atoms with E-state index in [9.17, 15) is 18.8 Å². The highest BCUT2D eigenvalue weighted by molar-refractivity contribution is 6.14. The van der Waals surface area contributed by atoms with E-state index in [1.54, 1.807) is 13.0 Å². The lowest BCUT2D eigenvalue weighted by molar-refractivity contribution is -0.165. The smallest absolute Gasteiger partial charge is 0.360 e. The highest BCUT2D eigenvalue weighted by Crippen LogP contribution is 2.36. The van der Waals surface area contributed by atoms with Crippen molar-refractivity contribution >= 4 is 29.2 Å². The molecule has 2 aromatic carbocycles. The number of carbonyl (C=O) groups is 3. The monoisotopic (exact) mass is 372 g/mol. The topological polar surface area (TPSA) is 93.7 Å². The standard InChI is InChI=1S/C19H17FN2O5/c1-3-26-18(25)19(2)17(24)22-14-8-7-13(10-15(14)27-19)21-16(23)11-5-4-6-12(20)9-11/h4-10H,3H2,1-2H3,(H,21,23)(H,22,24)/t19-/m0/s1. The number of ether oxygens (including phenoxy) is 2. The van der Waals surface area contributed by atoms with Gasteiger partial charge in [-0.2, -0.15) is 0 Å². The molecule has 0 unspecified atom stereocenters. The number of hydrogen-bond acceptors (Lipinski definition) is 5. The SMILES string of the molecule is CCOC(=O)[C@@]1(C)Oc2cc(NC(=O)c3cccc(F)c3)ccc2NC1=O. The van der Waals surface area contributed by atoms with Crippen LogP contribution < -0.4 is 15.4 Å². The van der Waals surface area contributed by atoms with Crippen molar-refractivity contribution in [3.63, 3.8) is 0 Å². The van der Waals surface area contributed by atoms with Crippen LogP contribution in [0.4, 0.5) is 15.8 Å². The van der Waals surface area contributed by atoms with Crippen LogP contribution >= 0.6 is 0 Å². The molecule has 0 radical (unpaired) electrons. The molecule has 7 nitrogen and oxygen atoms in total. The summed E-state index contributed by atoms with van der Waals surface area (Å²) in [4.78, 5) is 36.6. The third kappa shape index (κ3) is 3.59. The molecule has 0 aromatic heterocycles. The number of halogens is 1. The number of benzene rings is 2. The van der Waals surface area contributed by atoms with Crippen LogP contribution in [0.2, 0.25) is 0 Å². The molecule has 0 fully saturated rings. The normalized spacial score (nSPS) is 18.0. The number of rotatable bonds is 4. The van der Waals surface area contributed by atoms with Gasteiger partial charge >= 0.3 is 5.97 Å². The lowest BCUT2D eigenvalue weighted by atomic mass is 10.0. The van der Waals surface area contributed by atoms with E-state index in [0.29, 0.717) is 11.4 Å². The number of nitrogens with one attached hydrogen (secondary N) is 2. The predicted octanol–water partition coefficient (Wildman–Crippen LogP) is 2.73. The molecule has 1 aliphatic heterocycles. The number of fused-ring (bicyclic) bond motifs is 1. The highest BCUT2D eigenvalue weighted by atomic mass is 19.1. The Balaban J connectivity index is 1.84. The summed E-state index contributed by atoms with van der Waals surface area (Å²) in [6.45, 7) is 3.03. The Bertz CT molecular complexity index is 930. The zero-order valence-corrected chi connectivity index (χ0v) is 14.7. The average Bonchev–Trinajstić information content (AvgIpc) is 2.63. The fraction of sp³-hybridized carbons (Fsp3) is 0.211. The molecule has 0 aliphatic carbocycles. The second-order valence-corrected chi connectivity index (χ2v) is 5.99. The van der Waals surface area contributed by atoms with E-state index in [2.05, 4.69) is 10.6 Å². The van der Waals surface area contributed by atoms with Crippen molar-refractivity contribution in [1.29, 1.82) is 0 Å². The highest BCUT2D eigenvalue weighted by Gasteiger charge is 2.48. The fourth-order valence-electron chi connectivity index (χ4n) is 2.53. The van der Waals surface area contributed by atoms with Crippen molar-refractivity contribution in [2.45, 2.75) is 19.4 Å². The summed E-state index contributed by atoms with van der Waals surface area (Å²) in [6.07, 6.45) is 0. The van der Waals surface area contributed by atoms with Gasteiger partial charge in [0.1, 0.15) is 11.6 Å². The van der Waals surface area contributed by atoms with Crippen LogP contribution in [-0.2, 0) is 14.3 Å². The van der Waals surface area contributed by atoms with Gasteiger partial charge < -0.3 is 20.1 Å². The van der Waals surface area contributed by atoms with Gasteiger partial charge in [-0.05, 0) is 44.2 Å². The Morgan fingerprint density at radius 3 is 2.74 bits per heavy atom. The molecule has 2 N–H and O–H groups in total. The number of carbonyl (C=O) groups excluding carboxylic acids is 3. The quantitative estimate of drug-likeness (QED) is 0.636. The maximum absolute atomic E-state index is 13.3. The Kier molecular flexibility index (Phi) is 4.81. The molecule has 1 heterocycles. The molecule has 2 amide bonds. The van der Waals surface area contributed by atoms with E-state index >= 15 is 0 Å². The van der Waals surface area contributed by atoms with Crippen molar-refractivity contribution in [3.8, 4) is 5.75 Å². The zero-order chi connectivity index (χ0) is 19.6. The molecule has 0 saturated heterocycles. The van der Waals surface area contributed by atoms with Crippen molar-refractivity contribution in [1.82, 2.24) is 0 Å². The molecule has 27 heavy (non-hydrogen) atoms. The molecule has 8 heteroatoms. The summed E-state index contributed by atoms with van der Waals surface area (Å²) in [5.74, 6) is -2.30. The Labute approximate surface area is 154 Å². The first-order valence-electron chi connectivity index (χ1n) is 8.22. The van der Waals surface area contributed by atoms with Crippen LogP contribution in [0.1, 0.15) is 24.2 Å². The van der Waals surface area contributed by atoms with E-state index in [1.165, 1.54) is 37.3 Å². The predicted molar refractivity (Wildman–Crippen MR) is 95.1 cm³/mol. The summed E-state index contributed by atoms with van der Waals surface area (Å²) in [6, 6.07) is 9.80. The van der Waals surface area contributed by atoms with Crippen LogP contribution in [0.3, 0.4) is 0 Å². The Morgan fingerprint density at radius 1 is 1.26 bits per heavy atom. The molecule has 2 aromatic rings. The van der Waals surface area contributed by atoms with Crippen molar-refractivity contribution in [2.75, 3.05) is 17.2 Å². The minimum Gasteiger partial charge on any atom is -0.464 e. The second-order valence-electron chi connectivity index (χ2n) is 5.99. The molecular formula is C19H17FN2O5. The lowest BCUT2D eigenvalue weighted by Gasteiger charge is -2.32. The maximum atomic E-state index is 13.3. The third-order valence-electron chi connectivity index (χ3n) is 3.99. The van der Waals surface area contributed by atoms with Crippen LogP contribution in [0.15, 0.2) is 42.5 Å². The largest absolute Gasteiger partial charge is 0.464 e. The summed E-state index contributed by atoms with van der Waals surface area (Å²) in [5.41, 5.74) is -0.983. The van der Waals surface area contributed by atoms with Gasteiger partial charge in [-0.25, -0.2) is 9.18 Å². The zero-order valence-electron chi connectivity index (χ0n) is 14.7. The van der Waals surface area contributed by atoms with Gasteiger partial charge in [0.2, 0.25) is 0 Å². The Morgan fingerprint density at radius 2 is 2.04 bits per heavy atom. The van der Waals surface area contributed by atoms with Crippen LogP contribution in [0, 0.1) is 5.82 Å². The van der Waals surface area contributed by atoms with Crippen LogP contribution in [0.5, 0.6) is 5.75 Å². The first kappa shape index (κ1) is 18.4. The van der Waals surface area contributed by atoms with Crippen molar-refractivity contribution in [2.24, 2.45) is 0 Å². The summed E-state index contributed by atoms with van der Waals surface area (Å²) < 4.78 is 23.8. The molecule has 0 saturated carbocycles. The summed E-state index contributed by atoms with van der Waals surface area (Å²) in [5, 5.41) is 5.20. The van der Waals surface area contributed by atoms with E-state index in [0.717, 1.165) is 6.07 Å². The lowest BCUT2D eigenvalue weighted by Crippen LogP contribution is -2.55. The number of hydrogen-bond donors (Lipinski definition) is 2. The van der Waals surface area contributed by atoms with Gasteiger partial charge in [0.15, 0.2) is 0 Å². The van der Waals surface area contributed by atoms with E-state index in [-0.39, 0.29) is 17.9 Å². The number of amides is 2. The number of anilines is 2. The fourth-order valence-corrected chi connectivity index (χ4v) is 2.53. The average molecular weight is 372 g/mol. The Hall–Kier alpha value is -3.42. The minimum atomic E-state index is -1.84. The summed E-state index contributed by atoms with van der Waals surface area (Å²) >= 11 is 0. The van der Waals surface area contributed by atoms with E-state index < -0.39 is 29.2 Å². The second kappa shape index (κ2) is 7.06. The third-order valence-corrected chi connectivity index (χ3v) is 3.99. The molecule has 140 valence electrons. The molecule has 3 rings (SSSR count). The summed E-state index contributed by atoms with van der Waals surface area (Å²) in [7, 11) is 0. The van der Waals surface area contributed by atoms with Crippen molar-refractivity contribution in [3.05, 3.63) is 53.8 Å². The first-order valence-corrected chi connectivity index (χ1v) is 8.22. The van der Waals surface area contributed by atoms with Gasteiger partial charge in [0.25, 0.3) is 17.4 Å². The van der Waals surface area contributed by atoms with Gasteiger partial charge in [0.05, 0.1) is 12.3 Å². The van der Waals surface area contributed by atoms with Gasteiger partial charge in [0, 0.05) is 17.3 Å². The molecular weight excluding hydrogens is 355 g/mol. The van der Waals surface area contributed by atoms with Gasteiger partial charge in [-0.1, -0.05) is 6.07 Å². The molecule has 1 atom stereocenters. The van der Waals surface area contributed by atoms with Crippen LogP contribution in [-0.4, -0.2) is 30.0 Å². The van der Waals surface area contributed by atoms with E-state index in [1.807, 2.05) is 0 Å². The minimum absolute atomic E-state index is 0.0989.